The molecule has 2 aromatic heterocycles. The minimum Gasteiger partial charge on any atom is -0.396 e. The molecule has 28 heavy (non-hydrogen) atoms. The van der Waals surface area contributed by atoms with Crippen molar-refractivity contribution in [1.82, 2.24) is 19.7 Å². The number of likely N-dealkylation sites (tertiary alicyclic amines) is 1. The molecule has 0 saturated carbocycles. The second-order valence-corrected chi connectivity index (χ2v) is 8.06. The molecule has 2 N–H and O–H groups in total. The molecule has 0 bridgehead atoms. The first-order valence-electron chi connectivity index (χ1n) is 9.21. The number of hydrogen-bond donors (Lipinski definition) is 2. The maximum Gasteiger partial charge on any atom is 0.321 e. The van der Waals surface area contributed by atoms with Crippen molar-refractivity contribution in [3.05, 3.63) is 53.3 Å². The summed E-state index contributed by atoms with van der Waals surface area (Å²) in [6, 6.07) is 7.56. The average molecular weight is 398 g/mol. The first-order chi connectivity index (χ1) is 13.5. The van der Waals surface area contributed by atoms with Gasteiger partial charge in [0.15, 0.2) is 0 Å². The predicted molar refractivity (Wildman–Crippen MR) is 109 cm³/mol. The van der Waals surface area contributed by atoms with E-state index in [4.69, 9.17) is 0 Å². The van der Waals surface area contributed by atoms with Gasteiger partial charge in [-0.15, -0.1) is 11.3 Å². The van der Waals surface area contributed by atoms with Crippen molar-refractivity contribution in [2.45, 2.75) is 12.8 Å². The van der Waals surface area contributed by atoms with Gasteiger partial charge in [0.1, 0.15) is 5.01 Å². The number of rotatable bonds is 4. The quantitative estimate of drug-likeness (QED) is 0.709. The van der Waals surface area contributed by atoms with Crippen LogP contribution in [0.4, 0.5) is 10.5 Å². The summed E-state index contributed by atoms with van der Waals surface area (Å²) in [6.07, 6.45) is 3.77. The Bertz CT molecular complexity index is 965. The minimum atomic E-state index is -0.150. The van der Waals surface area contributed by atoms with Crippen LogP contribution in [0.5, 0.6) is 0 Å². The fourth-order valence-corrected chi connectivity index (χ4v) is 4.42. The van der Waals surface area contributed by atoms with Gasteiger partial charge in [0, 0.05) is 67.1 Å². The van der Waals surface area contributed by atoms with Crippen LogP contribution in [0, 0.1) is 12.8 Å². The molecule has 3 aromatic rings. The number of aliphatic hydroxyl groups excluding tert-OH is 1. The van der Waals surface area contributed by atoms with E-state index in [-0.39, 0.29) is 24.5 Å². The van der Waals surface area contributed by atoms with Crippen molar-refractivity contribution < 1.29 is 9.90 Å². The van der Waals surface area contributed by atoms with Crippen LogP contribution < -0.4 is 5.32 Å². The van der Waals surface area contributed by atoms with Gasteiger partial charge in [0.2, 0.25) is 0 Å². The van der Waals surface area contributed by atoms with Crippen LogP contribution in [0.2, 0.25) is 0 Å². The molecule has 0 unspecified atom stereocenters. The molecule has 0 spiro atoms. The van der Waals surface area contributed by atoms with E-state index in [1.165, 1.54) is 0 Å². The Hall–Kier alpha value is -2.71. The highest BCUT2D eigenvalue weighted by atomic mass is 32.1. The molecule has 0 radical (unpaired) electrons. The van der Waals surface area contributed by atoms with E-state index in [1.54, 1.807) is 20.9 Å². The molecule has 1 saturated heterocycles. The molecule has 2 amide bonds. The highest BCUT2D eigenvalue weighted by Gasteiger charge is 2.36. The van der Waals surface area contributed by atoms with Crippen molar-refractivity contribution in [3.63, 3.8) is 0 Å². The number of nitrogens with one attached hydrogen (secondary N) is 1. The van der Waals surface area contributed by atoms with Gasteiger partial charge in [-0.1, -0.05) is 0 Å². The lowest BCUT2D eigenvalue weighted by atomic mass is 9.92. The Morgan fingerprint density at radius 3 is 2.71 bits per heavy atom. The number of amides is 2. The second kappa shape index (κ2) is 7.73. The lowest BCUT2D eigenvalue weighted by molar-refractivity contribution is 0.206. The molecule has 8 heteroatoms. The SMILES string of the molecule is Cc1csc(-c2ccc(NC(=O)N3C[C@@H](CO)[C@H](c4cnn(C)c4)C3)cc2)n1. The normalized spacial score (nSPS) is 19.2. The first-order valence-corrected chi connectivity index (χ1v) is 10.1. The Balaban J connectivity index is 1.42. The van der Waals surface area contributed by atoms with Gasteiger partial charge in [0.25, 0.3) is 0 Å². The maximum atomic E-state index is 12.7. The standard InChI is InChI=1S/C20H23N5O2S/c1-13-12-28-19(22-13)14-3-5-17(6-4-14)23-20(27)25-9-16(11-26)18(10-25)15-7-21-24(2)8-15/h3-8,12,16,18,26H,9-11H2,1-2H3,(H,23,27)/t16-,18-/m0/s1. The van der Waals surface area contributed by atoms with E-state index in [2.05, 4.69) is 15.4 Å². The van der Waals surface area contributed by atoms with Gasteiger partial charge in [-0.3, -0.25) is 4.68 Å². The smallest absolute Gasteiger partial charge is 0.321 e. The summed E-state index contributed by atoms with van der Waals surface area (Å²) < 4.78 is 1.75. The third kappa shape index (κ3) is 3.79. The number of thiazole rings is 1. The fraction of sp³-hybridized carbons (Fsp3) is 0.350. The average Bonchev–Trinajstić information content (AvgIpc) is 3.41. The lowest BCUT2D eigenvalue weighted by Gasteiger charge is -2.17. The van der Waals surface area contributed by atoms with Crippen molar-refractivity contribution in [3.8, 4) is 10.6 Å². The van der Waals surface area contributed by atoms with Crippen LogP contribution in [0.1, 0.15) is 17.2 Å². The summed E-state index contributed by atoms with van der Waals surface area (Å²) in [4.78, 5) is 19.0. The zero-order chi connectivity index (χ0) is 19.7. The molecular weight excluding hydrogens is 374 g/mol. The van der Waals surface area contributed by atoms with Crippen molar-refractivity contribution in [2.75, 3.05) is 25.0 Å². The summed E-state index contributed by atoms with van der Waals surface area (Å²) in [5.41, 5.74) is 3.84. The largest absolute Gasteiger partial charge is 0.396 e. The summed E-state index contributed by atoms with van der Waals surface area (Å²) in [5.74, 6) is 0.116. The molecule has 1 aromatic carbocycles. The molecule has 1 aliphatic rings. The molecule has 3 heterocycles. The van der Waals surface area contributed by atoms with E-state index in [0.717, 1.165) is 27.5 Å². The number of benzene rings is 1. The van der Waals surface area contributed by atoms with E-state index in [9.17, 15) is 9.90 Å². The molecule has 4 rings (SSSR count). The summed E-state index contributed by atoms with van der Waals surface area (Å²) in [5, 5.41) is 19.9. The highest BCUT2D eigenvalue weighted by molar-refractivity contribution is 7.13. The number of aryl methyl sites for hydroxylation is 2. The van der Waals surface area contributed by atoms with Gasteiger partial charge >= 0.3 is 6.03 Å². The Kier molecular flexibility index (Phi) is 5.15. The third-order valence-electron chi connectivity index (χ3n) is 5.12. The van der Waals surface area contributed by atoms with Crippen LogP contribution in [0.15, 0.2) is 42.0 Å². The molecule has 2 atom stereocenters. The number of aromatic nitrogens is 3. The molecule has 1 fully saturated rings. The van der Waals surface area contributed by atoms with E-state index in [0.29, 0.717) is 13.1 Å². The van der Waals surface area contributed by atoms with Crippen LogP contribution in [-0.2, 0) is 7.05 Å². The monoisotopic (exact) mass is 397 g/mol. The van der Waals surface area contributed by atoms with E-state index in [1.807, 2.05) is 56.0 Å². The number of anilines is 1. The van der Waals surface area contributed by atoms with Gasteiger partial charge in [-0.05, 0) is 36.8 Å². The number of urea groups is 1. The maximum absolute atomic E-state index is 12.7. The van der Waals surface area contributed by atoms with E-state index >= 15 is 0 Å². The number of hydrogen-bond acceptors (Lipinski definition) is 5. The fourth-order valence-electron chi connectivity index (χ4n) is 3.62. The first kappa shape index (κ1) is 18.6. The Morgan fingerprint density at radius 2 is 2.11 bits per heavy atom. The number of aliphatic hydroxyl groups is 1. The molecule has 0 aliphatic carbocycles. The van der Waals surface area contributed by atoms with Gasteiger partial charge in [-0.2, -0.15) is 5.10 Å². The number of nitrogens with zero attached hydrogens (tertiary/aromatic N) is 4. The van der Waals surface area contributed by atoms with Gasteiger partial charge in [0.05, 0.1) is 6.20 Å². The van der Waals surface area contributed by atoms with Crippen LogP contribution >= 0.6 is 11.3 Å². The highest BCUT2D eigenvalue weighted by Crippen LogP contribution is 2.32. The van der Waals surface area contributed by atoms with Gasteiger partial charge < -0.3 is 15.3 Å². The van der Waals surface area contributed by atoms with Crippen LogP contribution in [0.25, 0.3) is 10.6 Å². The summed E-state index contributed by atoms with van der Waals surface area (Å²) >= 11 is 1.61. The topological polar surface area (TPSA) is 83.3 Å². The lowest BCUT2D eigenvalue weighted by Crippen LogP contribution is -2.33. The Morgan fingerprint density at radius 1 is 1.32 bits per heavy atom. The summed E-state index contributed by atoms with van der Waals surface area (Å²) in [7, 11) is 1.87. The Labute approximate surface area is 167 Å². The zero-order valence-corrected chi connectivity index (χ0v) is 16.7. The summed E-state index contributed by atoms with van der Waals surface area (Å²) in [6.45, 7) is 3.12. The minimum absolute atomic E-state index is 0.0190. The molecule has 146 valence electrons. The molecule has 1 aliphatic heterocycles. The molecule has 7 nitrogen and oxygen atoms in total. The van der Waals surface area contributed by atoms with Crippen molar-refractivity contribution in [1.29, 1.82) is 0 Å². The van der Waals surface area contributed by atoms with Gasteiger partial charge in [-0.25, -0.2) is 9.78 Å². The van der Waals surface area contributed by atoms with E-state index < -0.39 is 0 Å². The van der Waals surface area contributed by atoms with Crippen molar-refractivity contribution >= 4 is 23.1 Å². The predicted octanol–water partition coefficient (Wildman–Crippen LogP) is 3.09. The number of carbonyl (C=O) groups excluding carboxylic acids is 1. The number of carbonyl (C=O) groups is 1. The van der Waals surface area contributed by atoms with Crippen LogP contribution in [0.3, 0.4) is 0 Å². The third-order valence-corrected chi connectivity index (χ3v) is 6.13. The second-order valence-electron chi connectivity index (χ2n) is 7.20. The van der Waals surface area contributed by atoms with Crippen LogP contribution in [-0.4, -0.2) is 50.5 Å². The van der Waals surface area contributed by atoms with Crippen molar-refractivity contribution in [2.24, 2.45) is 13.0 Å². The zero-order valence-electron chi connectivity index (χ0n) is 15.9. The molecular formula is C20H23N5O2S.